The third kappa shape index (κ3) is 1.76. The summed E-state index contributed by atoms with van der Waals surface area (Å²) >= 11 is 0. The summed E-state index contributed by atoms with van der Waals surface area (Å²) in [5.41, 5.74) is 1.05. The zero-order valence-electron chi connectivity index (χ0n) is 11.7. The lowest BCUT2D eigenvalue weighted by atomic mass is 9.60. The Labute approximate surface area is 118 Å². The fourth-order valence-corrected chi connectivity index (χ4v) is 4.13. The SMILES string of the molecule is Cc1occc1CNC(=O)N1CC2C3COCC3C2C1. The highest BCUT2D eigenvalue weighted by Crippen LogP contribution is 2.53. The van der Waals surface area contributed by atoms with Crippen molar-refractivity contribution in [2.45, 2.75) is 13.5 Å². The Kier molecular flexibility index (Phi) is 2.77. The first-order valence-electron chi connectivity index (χ1n) is 7.37. The van der Waals surface area contributed by atoms with Gasteiger partial charge in [0.2, 0.25) is 0 Å². The van der Waals surface area contributed by atoms with Crippen molar-refractivity contribution in [3.8, 4) is 0 Å². The van der Waals surface area contributed by atoms with Crippen molar-refractivity contribution in [2.24, 2.45) is 23.7 Å². The number of rotatable bonds is 2. The number of hydrogen-bond acceptors (Lipinski definition) is 3. The molecule has 1 N–H and O–H groups in total. The van der Waals surface area contributed by atoms with Gasteiger partial charge in [-0.05, 0) is 36.7 Å². The van der Waals surface area contributed by atoms with Crippen LogP contribution in [0.3, 0.4) is 0 Å². The molecule has 2 saturated heterocycles. The number of urea groups is 1. The van der Waals surface area contributed by atoms with E-state index in [1.165, 1.54) is 0 Å². The molecule has 20 heavy (non-hydrogen) atoms. The summed E-state index contributed by atoms with van der Waals surface area (Å²) in [5, 5.41) is 3.00. The average molecular weight is 276 g/mol. The number of furan rings is 1. The Bertz CT molecular complexity index is 509. The van der Waals surface area contributed by atoms with Gasteiger partial charge in [-0.3, -0.25) is 0 Å². The molecule has 1 saturated carbocycles. The Hall–Kier alpha value is -1.49. The van der Waals surface area contributed by atoms with Crippen molar-refractivity contribution in [1.29, 1.82) is 0 Å². The van der Waals surface area contributed by atoms with E-state index in [9.17, 15) is 4.79 Å². The molecule has 4 rings (SSSR count). The number of hydrogen-bond donors (Lipinski definition) is 1. The third-order valence-electron chi connectivity index (χ3n) is 5.37. The van der Waals surface area contributed by atoms with Gasteiger partial charge in [0, 0.05) is 25.2 Å². The molecule has 1 aromatic heterocycles. The molecular formula is C15H20N2O3. The van der Waals surface area contributed by atoms with Crippen molar-refractivity contribution in [2.75, 3.05) is 26.3 Å². The van der Waals surface area contributed by atoms with E-state index in [1.807, 2.05) is 17.9 Å². The maximum absolute atomic E-state index is 12.2. The molecule has 108 valence electrons. The summed E-state index contributed by atoms with van der Waals surface area (Å²) in [6.07, 6.45) is 1.66. The largest absolute Gasteiger partial charge is 0.469 e. The van der Waals surface area contributed by atoms with Crippen LogP contribution in [0.5, 0.6) is 0 Å². The molecule has 0 radical (unpaired) electrons. The highest BCUT2D eigenvalue weighted by atomic mass is 16.5. The van der Waals surface area contributed by atoms with Crippen LogP contribution in [0.25, 0.3) is 0 Å². The fourth-order valence-electron chi connectivity index (χ4n) is 4.13. The normalized spacial score (nSPS) is 34.5. The predicted octanol–water partition coefficient (Wildman–Crippen LogP) is 1.62. The van der Waals surface area contributed by atoms with Crippen LogP contribution in [0, 0.1) is 30.6 Å². The molecule has 2 amide bonds. The number of likely N-dealkylation sites (tertiary alicyclic amines) is 1. The average Bonchev–Trinajstić information content (AvgIpc) is 3.10. The van der Waals surface area contributed by atoms with Gasteiger partial charge in [0.05, 0.1) is 19.5 Å². The zero-order valence-corrected chi connectivity index (χ0v) is 11.7. The fraction of sp³-hybridized carbons (Fsp3) is 0.667. The summed E-state index contributed by atoms with van der Waals surface area (Å²) in [6, 6.07) is 1.96. The van der Waals surface area contributed by atoms with Crippen LogP contribution in [-0.2, 0) is 11.3 Å². The van der Waals surface area contributed by atoms with Crippen LogP contribution in [0.1, 0.15) is 11.3 Å². The number of amides is 2. The quantitative estimate of drug-likeness (QED) is 0.893. The molecule has 0 bridgehead atoms. The first-order valence-corrected chi connectivity index (χ1v) is 7.37. The van der Waals surface area contributed by atoms with Crippen LogP contribution >= 0.6 is 0 Å². The van der Waals surface area contributed by atoms with E-state index in [2.05, 4.69) is 5.32 Å². The molecule has 4 unspecified atom stereocenters. The lowest BCUT2D eigenvalue weighted by molar-refractivity contribution is 0.0629. The molecule has 3 aliphatic rings. The van der Waals surface area contributed by atoms with Crippen LogP contribution < -0.4 is 5.32 Å². The number of carbonyl (C=O) groups excluding carboxylic acids is 1. The first-order chi connectivity index (χ1) is 9.74. The van der Waals surface area contributed by atoms with E-state index >= 15 is 0 Å². The van der Waals surface area contributed by atoms with Crippen LogP contribution in [0.4, 0.5) is 4.79 Å². The molecule has 4 atom stereocenters. The Morgan fingerprint density at radius 2 is 2.00 bits per heavy atom. The Morgan fingerprint density at radius 1 is 1.30 bits per heavy atom. The smallest absolute Gasteiger partial charge is 0.317 e. The lowest BCUT2D eigenvalue weighted by Gasteiger charge is -2.42. The van der Waals surface area contributed by atoms with E-state index in [0.29, 0.717) is 30.2 Å². The van der Waals surface area contributed by atoms with Gasteiger partial charge in [0.1, 0.15) is 5.76 Å². The van der Waals surface area contributed by atoms with Gasteiger partial charge in [-0.15, -0.1) is 0 Å². The Morgan fingerprint density at radius 3 is 2.60 bits per heavy atom. The molecule has 0 aromatic carbocycles. The van der Waals surface area contributed by atoms with Crippen molar-refractivity contribution >= 4 is 6.03 Å². The highest BCUT2D eigenvalue weighted by Gasteiger charge is 2.57. The van der Waals surface area contributed by atoms with Crippen molar-refractivity contribution < 1.29 is 13.9 Å². The van der Waals surface area contributed by atoms with E-state index in [1.54, 1.807) is 6.26 Å². The van der Waals surface area contributed by atoms with Gasteiger partial charge in [0.15, 0.2) is 0 Å². The summed E-state index contributed by atoms with van der Waals surface area (Å²) in [7, 11) is 0. The molecule has 1 aliphatic carbocycles. The van der Waals surface area contributed by atoms with Crippen LogP contribution in [0.15, 0.2) is 16.7 Å². The monoisotopic (exact) mass is 276 g/mol. The maximum atomic E-state index is 12.2. The van der Waals surface area contributed by atoms with E-state index in [-0.39, 0.29) is 6.03 Å². The minimum absolute atomic E-state index is 0.0546. The molecule has 3 fully saturated rings. The predicted molar refractivity (Wildman–Crippen MR) is 72.0 cm³/mol. The molecule has 0 spiro atoms. The van der Waals surface area contributed by atoms with Gasteiger partial charge in [-0.1, -0.05) is 0 Å². The van der Waals surface area contributed by atoms with Gasteiger partial charge in [0.25, 0.3) is 0 Å². The van der Waals surface area contributed by atoms with E-state index in [4.69, 9.17) is 9.15 Å². The minimum atomic E-state index is 0.0546. The first kappa shape index (κ1) is 12.3. The van der Waals surface area contributed by atoms with Gasteiger partial charge in [-0.2, -0.15) is 0 Å². The number of nitrogens with one attached hydrogen (secondary N) is 1. The molecule has 1 aromatic rings. The van der Waals surface area contributed by atoms with Gasteiger partial charge >= 0.3 is 6.03 Å². The lowest BCUT2D eigenvalue weighted by Crippen LogP contribution is -2.44. The van der Waals surface area contributed by atoms with Crippen LogP contribution in [0.2, 0.25) is 0 Å². The summed E-state index contributed by atoms with van der Waals surface area (Å²) < 4.78 is 10.8. The number of fused-ring (bicyclic) bond motifs is 4. The second kappa shape index (κ2) is 4.52. The summed E-state index contributed by atoms with van der Waals surface area (Å²) in [4.78, 5) is 14.2. The van der Waals surface area contributed by atoms with Crippen LogP contribution in [-0.4, -0.2) is 37.2 Å². The van der Waals surface area contributed by atoms with Crippen molar-refractivity contribution in [1.82, 2.24) is 10.2 Å². The third-order valence-corrected chi connectivity index (χ3v) is 5.37. The molecule has 2 aliphatic heterocycles. The Balaban J connectivity index is 1.33. The zero-order chi connectivity index (χ0) is 13.7. The van der Waals surface area contributed by atoms with E-state index < -0.39 is 0 Å². The second-order valence-corrected chi connectivity index (χ2v) is 6.26. The van der Waals surface area contributed by atoms with E-state index in [0.717, 1.165) is 37.6 Å². The van der Waals surface area contributed by atoms with Crippen molar-refractivity contribution in [3.63, 3.8) is 0 Å². The number of carbonyl (C=O) groups is 1. The maximum Gasteiger partial charge on any atom is 0.317 e. The highest BCUT2D eigenvalue weighted by molar-refractivity contribution is 5.74. The number of nitrogens with zero attached hydrogens (tertiary/aromatic N) is 1. The standard InChI is InChI=1S/C15H20N2O3/c1-9-10(2-3-20-9)4-16-15(18)17-5-11-12(6-17)14-8-19-7-13(11)14/h2-3,11-14H,4-8H2,1H3,(H,16,18). The van der Waals surface area contributed by atoms with Gasteiger partial charge < -0.3 is 19.4 Å². The molecule has 3 heterocycles. The number of aryl methyl sites for hydroxylation is 1. The molecule has 5 heteroatoms. The molecular weight excluding hydrogens is 256 g/mol. The van der Waals surface area contributed by atoms with Crippen molar-refractivity contribution in [3.05, 3.63) is 23.7 Å². The summed E-state index contributed by atoms with van der Waals surface area (Å²) in [6.45, 7) is 6.05. The minimum Gasteiger partial charge on any atom is -0.469 e. The second-order valence-electron chi connectivity index (χ2n) is 6.26. The molecule has 5 nitrogen and oxygen atoms in total. The summed E-state index contributed by atoms with van der Waals surface area (Å²) in [5.74, 6) is 3.62. The van der Waals surface area contributed by atoms with Gasteiger partial charge in [-0.25, -0.2) is 4.79 Å². The number of ether oxygens (including phenoxy) is 1. The topological polar surface area (TPSA) is 54.7 Å².